The second-order valence-electron chi connectivity index (χ2n) is 8.59. The van der Waals surface area contributed by atoms with E-state index in [1.54, 1.807) is 36.8 Å². The van der Waals surface area contributed by atoms with E-state index in [-0.39, 0.29) is 17.1 Å². The zero-order valence-corrected chi connectivity index (χ0v) is 23.5. The number of phenolic OH excluding ortho intramolecular Hbond substituents is 1. The van der Waals surface area contributed by atoms with Crippen LogP contribution in [0.2, 0.25) is 0 Å². The van der Waals surface area contributed by atoms with Crippen LogP contribution in [0, 0.1) is 3.57 Å². The Kier molecular flexibility index (Phi) is 6.67. The summed E-state index contributed by atoms with van der Waals surface area (Å²) in [5.41, 5.74) is 2.20. The van der Waals surface area contributed by atoms with E-state index in [4.69, 9.17) is 9.47 Å². The van der Waals surface area contributed by atoms with Crippen LogP contribution in [0.4, 0.5) is 0 Å². The highest BCUT2D eigenvalue weighted by atomic mass is 127. The molecule has 0 spiro atoms. The second-order valence-corrected chi connectivity index (χ2v) is 10.8. The van der Waals surface area contributed by atoms with Crippen molar-refractivity contribution in [2.75, 3.05) is 14.2 Å². The highest BCUT2D eigenvalue weighted by molar-refractivity contribution is 14.1. The van der Waals surface area contributed by atoms with Gasteiger partial charge < -0.3 is 14.6 Å². The molecule has 0 amide bonds. The number of ether oxygens (including phenoxy) is 2. The van der Waals surface area contributed by atoms with E-state index in [9.17, 15) is 14.7 Å². The lowest BCUT2D eigenvalue weighted by Crippen LogP contribution is -2.39. The number of aromatic nitrogens is 1. The van der Waals surface area contributed by atoms with Crippen LogP contribution in [0.25, 0.3) is 16.8 Å². The number of rotatable bonds is 5. The van der Waals surface area contributed by atoms with E-state index in [0.29, 0.717) is 41.2 Å². The molecule has 0 saturated carbocycles. The first-order chi connectivity index (χ1) is 17.7. The van der Waals surface area contributed by atoms with E-state index >= 15 is 0 Å². The first-order valence-corrected chi connectivity index (χ1v) is 13.3. The highest BCUT2D eigenvalue weighted by Crippen LogP contribution is 2.40. The molecular formula is C28H23IN2O5S. The number of halogens is 1. The molecule has 188 valence electrons. The van der Waals surface area contributed by atoms with Crippen LogP contribution in [0.3, 0.4) is 0 Å². The van der Waals surface area contributed by atoms with Crippen molar-refractivity contribution in [1.29, 1.82) is 0 Å². The van der Waals surface area contributed by atoms with Crippen molar-refractivity contribution < 1.29 is 19.4 Å². The number of phenols is 1. The van der Waals surface area contributed by atoms with E-state index in [2.05, 4.69) is 4.99 Å². The Bertz CT molecular complexity index is 1800. The molecule has 1 aliphatic rings. The summed E-state index contributed by atoms with van der Waals surface area (Å²) in [5.74, 6) is 0.795. The van der Waals surface area contributed by atoms with E-state index < -0.39 is 6.04 Å². The van der Waals surface area contributed by atoms with Crippen LogP contribution < -0.4 is 24.4 Å². The summed E-state index contributed by atoms with van der Waals surface area (Å²) in [7, 11) is 3.06. The first-order valence-electron chi connectivity index (χ1n) is 11.4. The van der Waals surface area contributed by atoms with Gasteiger partial charge in [-0.05, 0) is 77.0 Å². The molecule has 37 heavy (non-hydrogen) atoms. The van der Waals surface area contributed by atoms with Gasteiger partial charge >= 0.3 is 0 Å². The number of carbonyl (C=O) groups is 1. The number of nitrogens with zero attached hydrogens (tertiary/aromatic N) is 2. The van der Waals surface area contributed by atoms with Crippen LogP contribution in [-0.4, -0.2) is 29.7 Å². The molecule has 0 bridgehead atoms. The largest absolute Gasteiger partial charge is 0.504 e. The number of thiazole rings is 1. The third-order valence-electron chi connectivity index (χ3n) is 6.39. The minimum atomic E-state index is -0.702. The summed E-state index contributed by atoms with van der Waals surface area (Å²) in [6, 6.07) is 14.4. The lowest BCUT2D eigenvalue weighted by atomic mass is 9.89. The first kappa shape index (κ1) is 25.2. The summed E-state index contributed by atoms with van der Waals surface area (Å²) < 4.78 is 13.7. The van der Waals surface area contributed by atoms with Crippen molar-refractivity contribution in [1.82, 2.24) is 4.57 Å². The number of allylic oxidation sites excluding steroid dienone is 2. The molecule has 0 unspecified atom stereocenters. The summed E-state index contributed by atoms with van der Waals surface area (Å²) in [4.78, 5) is 32.1. The van der Waals surface area contributed by atoms with Gasteiger partial charge in [-0.15, -0.1) is 0 Å². The molecule has 3 aromatic carbocycles. The van der Waals surface area contributed by atoms with Gasteiger partial charge in [-0.2, -0.15) is 0 Å². The van der Waals surface area contributed by atoms with Crippen molar-refractivity contribution in [2.45, 2.75) is 19.9 Å². The van der Waals surface area contributed by atoms with Crippen LogP contribution in [0.15, 0.2) is 69.6 Å². The van der Waals surface area contributed by atoms with E-state index in [1.807, 2.05) is 59.0 Å². The average molecular weight is 626 g/mol. The molecule has 7 nitrogen and oxygen atoms in total. The lowest BCUT2D eigenvalue weighted by molar-refractivity contribution is -0.114. The number of hydrogen-bond acceptors (Lipinski definition) is 7. The van der Waals surface area contributed by atoms with Gasteiger partial charge in [0.15, 0.2) is 22.1 Å². The number of carbonyl (C=O) groups excluding carboxylic acids is 1. The summed E-state index contributed by atoms with van der Waals surface area (Å²) >= 11 is 3.27. The van der Waals surface area contributed by atoms with E-state index in [0.717, 1.165) is 16.3 Å². The van der Waals surface area contributed by atoms with Gasteiger partial charge in [-0.25, -0.2) is 4.99 Å². The van der Waals surface area contributed by atoms with Crippen LogP contribution >= 0.6 is 33.9 Å². The predicted octanol–water partition coefficient (Wildman–Crippen LogP) is 4.30. The molecule has 9 heteroatoms. The maximum Gasteiger partial charge on any atom is 0.271 e. The van der Waals surface area contributed by atoms with Crippen molar-refractivity contribution in [2.24, 2.45) is 4.99 Å². The van der Waals surface area contributed by atoms with Gasteiger partial charge in [0, 0.05) is 16.8 Å². The number of Topliss-reactive ketones (excluding diaryl/α,β-unsaturated/α-hetero) is 1. The smallest absolute Gasteiger partial charge is 0.271 e. The highest BCUT2D eigenvalue weighted by Gasteiger charge is 2.33. The summed E-state index contributed by atoms with van der Waals surface area (Å²) in [5, 5.41) is 12.1. The molecule has 2 heterocycles. The molecule has 1 N–H and O–H groups in total. The topological polar surface area (TPSA) is 90.1 Å². The monoisotopic (exact) mass is 626 g/mol. The third kappa shape index (κ3) is 4.25. The lowest BCUT2D eigenvalue weighted by Gasteiger charge is -2.27. The Morgan fingerprint density at radius 1 is 1.14 bits per heavy atom. The van der Waals surface area contributed by atoms with Crippen LogP contribution in [-0.2, 0) is 4.79 Å². The number of aromatic hydroxyl groups is 1. The van der Waals surface area contributed by atoms with Crippen molar-refractivity contribution in [3.63, 3.8) is 0 Å². The molecule has 0 saturated heterocycles. The molecule has 4 aromatic rings. The van der Waals surface area contributed by atoms with Gasteiger partial charge in [-0.1, -0.05) is 41.7 Å². The maximum absolute atomic E-state index is 13.9. The standard InChI is InChI=1S/C28H23IN2O5S/c1-14-23(15(2)32)25(24-18-8-6-5-7-17(18)9-10-20(24)35-3)31-27(34)22(37-28(31)30-14)13-16-11-19(29)26(33)21(12-16)36-4/h5-13,25,33H,1-4H3/t25-/m0/s1. The molecule has 5 rings (SSSR count). The number of ketones is 1. The normalized spacial score (nSPS) is 15.5. The average Bonchev–Trinajstić information content (AvgIpc) is 3.18. The van der Waals surface area contributed by atoms with Crippen LogP contribution in [0.5, 0.6) is 17.2 Å². The number of fused-ring (bicyclic) bond motifs is 2. The Morgan fingerprint density at radius 3 is 2.57 bits per heavy atom. The fraction of sp³-hybridized carbons (Fsp3) is 0.179. The van der Waals surface area contributed by atoms with Crippen molar-refractivity contribution in [3.05, 3.63) is 94.2 Å². The van der Waals surface area contributed by atoms with E-state index in [1.165, 1.54) is 25.4 Å². The Balaban J connectivity index is 1.84. The molecule has 1 aromatic heterocycles. The Hall–Kier alpha value is -3.44. The molecular weight excluding hydrogens is 603 g/mol. The Labute approximate surface area is 230 Å². The fourth-order valence-corrected chi connectivity index (χ4v) is 6.44. The van der Waals surface area contributed by atoms with Crippen molar-refractivity contribution in [3.8, 4) is 17.2 Å². The molecule has 1 atom stereocenters. The zero-order chi connectivity index (χ0) is 26.4. The molecule has 0 aliphatic carbocycles. The van der Waals surface area contributed by atoms with Gasteiger partial charge in [0.1, 0.15) is 5.75 Å². The fourth-order valence-electron chi connectivity index (χ4n) is 4.76. The minimum Gasteiger partial charge on any atom is -0.504 e. The number of methoxy groups -OCH3 is 2. The minimum absolute atomic E-state index is 0.0477. The zero-order valence-electron chi connectivity index (χ0n) is 20.5. The third-order valence-corrected chi connectivity index (χ3v) is 8.20. The Morgan fingerprint density at radius 2 is 1.86 bits per heavy atom. The predicted molar refractivity (Wildman–Crippen MR) is 152 cm³/mol. The van der Waals surface area contributed by atoms with Gasteiger partial charge in [-0.3, -0.25) is 14.2 Å². The van der Waals surface area contributed by atoms with Gasteiger partial charge in [0.25, 0.3) is 5.56 Å². The number of hydrogen-bond donors (Lipinski definition) is 1. The van der Waals surface area contributed by atoms with Crippen LogP contribution in [0.1, 0.15) is 31.0 Å². The SMILES string of the molecule is COc1cc(C=c2sc3n(c2=O)[C@H](c2c(OC)ccc4ccccc24)C(C(C)=O)=C(C)N=3)cc(I)c1O. The quantitative estimate of drug-likeness (QED) is 0.334. The maximum atomic E-state index is 13.9. The van der Waals surface area contributed by atoms with Crippen molar-refractivity contribution >= 4 is 56.6 Å². The van der Waals surface area contributed by atoms with Gasteiger partial charge in [0.2, 0.25) is 0 Å². The molecule has 0 radical (unpaired) electrons. The molecule has 0 fully saturated rings. The summed E-state index contributed by atoms with van der Waals surface area (Å²) in [6.07, 6.45) is 1.75. The molecule has 1 aliphatic heterocycles. The van der Waals surface area contributed by atoms with Gasteiger partial charge in [0.05, 0.1) is 28.4 Å². The second kappa shape index (κ2) is 9.79. The number of benzene rings is 3. The summed E-state index contributed by atoms with van der Waals surface area (Å²) in [6.45, 7) is 3.30.